The number of phenols is 1. The molecule has 8 heteroatoms. The highest BCUT2D eigenvalue weighted by molar-refractivity contribution is 7.80. The van der Waals surface area contributed by atoms with Crippen LogP contribution in [0.2, 0.25) is 0 Å². The summed E-state index contributed by atoms with van der Waals surface area (Å²) in [6, 6.07) is 10.8. The molecule has 0 saturated carbocycles. The van der Waals surface area contributed by atoms with E-state index in [4.69, 9.17) is 12.2 Å². The molecule has 0 heterocycles. The quantitative estimate of drug-likeness (QED) is 0.255. The fourth-order valence-electron chi connectivity index (χ4n) is 1.97. The number of hydrogen-bond acceptors (Lipinski definition) is 5. The molecule has 0 radical (unpaired) electrons. The maximum absolute atomic E-state index is 11.9. The topological polar surface area (TPSA) is 104 Å². The van der Waals surface area contributed by atoms with Crippen molar-refractivity contribution in [3.63, 3.8) is 0 Å². The first kappa shape index (κ1) is 18.1. The van der Waals surface area contributed by atoms with Crippen molar-refractivity contribution in [3.8, 4) is 5.75 Å². The number of nitrogens with one attached hydrogen (secondary N) is 2. The predicted molar refractivity (Wildman–Crippen MR) is 99.3 cm³/mol. The molecule has 1 amide bonds. The van der Waals surface area contributed by atoms with Crippen LogP contribution in [0.3, 0.4) is 0 Å². The molecule has 0 spiro atoms. The van der Waals surface area contributed by atoms with Gasteiger partial charge < -0.3 is 10.4 Å². The van der Waals surface area contributed by atoms with E-state index in [-0.39, 0.29) is 16.5 Å². The van der Waals surface area contributed by atoms with Crippen LogP contribution in [0.15, 0.2) is 48.5 Å². The maximum atomic E-state index is 11.9. The number of thiocarbonyl (C=S) groups is 1. The first-order valence-corrected chi connectivity index (χ1v) is 7.60. The smallest absolute Gasteiger partial charge is 0.270 e. The second-order valence-electron chi connectivity index (χ2n) is 5.15. The highest BCUT2D eigenvalue weighted by Crippen LogP contribution is 2.23. The third kappa shape index (κ3) is 5.40. The minimum atomic E-state index is -0.509. The highest BCUT2D eigenvalue weighted by atomic mass is 32.1. The first-order chi connectivity index (χ1) is 11.8. The van der Waals surface area contributed by atoms with Crippen molar-refractivity contribution in [1.82, 2.24) is 5.32 Å². The summed E-state index contributed by atoms with van der Waals surface area (Å²) in [5.74, 6) is -0.495. The standard InChI is InChI=1S/C17H15N3O4S/c1-11-5-7-15(21)14(9-11)18-17(25)19-16(22)8-6-12-3-2-4-13(10-12)20(23)24/h2-10,21H,1H3,(H2,18,19,22,25)/b8-6+. The summed E-state index contributed by atoms with van der Waals surface area (Å²) >= 11 is 5.02. The molecule has 2 rings (SSSR count). The molecular formula is C17H15N3O4S. The number of anilines is 1. The molecule has 0 aromatic heterocycles. The van der Waals surface area contributed by atoms with Crippen LogP contribution < -0.4 is 10.6 Å². The molecule has 3 N–H and O–H groups in total. The molecule has 25 heavy (non-hydrogen) atoms. The zero-order chi connectivity index (χ0) is 18.4. The van der Waals surface area contributed by atoms with Gasteiger partial charge in [0.15, 0.2) is 5.11 Å². The Labute approximate surface area is 149 Å². The highest BCUT2D eigenvalue weighted by Gasteiger charge is 2.07. The summed E-state index contributed by atoms with van der Waals surface area (Å²) in [7, 11) is 0. The molecule has 0 bridgehead atoms. The van der Waals surface area contributed by atoms with Gasteiger partial charge in [-0.1, -0.05) is 18.2 Å². The Morgan fingerprint density at radius 2 is 2.04 bits per heavy atom. The average Bonchev–Trinajstić information content (AvgIpc) is 2.56. The van der Waals surface area contributed by atoms with Gasteiger partial charge >= 0.3 is 0 Å². The molecule has 2 aromatic rings. The van der Waals surface area contributed by atoms with Gasteiger partial charge in [0.05, 0.1) is 10.6 Å². The minimum Gasteiger partial charge on any atom is -0.506 e. The summed E-state index contributed by atoms with van der Waals surface area (Å²) in [5, 5.41) is 25.6. The van der Waals surface area contributed by atoms with Gasteiger partial charge in [0.2, 0.25) is 5.91 Å². The Morgan fingerprint density at radius 3 is 2.76 bits per heavy atom. The lowest BCUT2D eigenvalue weighted by Crippen LogP contribution is -2.32. The largest absolute Gasteiger partial charge is 0.506 e. The second-order valence-corrected chi connectivity index (χ2v) is 5.56. The third-order valence-corrected chi connectivity index (χ3v) is 3.35. The summed E-state index contributed by atoms with van der Waals surface area (Å²) in [5.41, 5.74) is 1.75. The van der Waals surface area contributed by atoms with Crippen molar-refractivity contribution in [2.24, 2.45) is 0 Å². The fraction of sp³-hybridized carbons (Fsp3) is 0.0588. The Bertz CT molecular complexity index is 865. The van der Waals surface area contributed by atoms with E-state index >= 15 is 0 Å². The molecule has 0 aliphatic carbocycles. The molecule has 0 atom stereocenters. The third-order valence-electron chi connectivity index (χ3n) is 3.15. The number of rotatable bonds is 4. The monoisotopic (exact) mass is 357 g/mol. The summed E-state index contributed by atoms with van der Waals surface area (Å²) in [6.45, 7) is 1.86. The fourth-order valence-corrected chi connectivity index (χ4v) is 2.18. The lowest BCUT2D eigenvalue weighted by Gasteiger charge is -2.10. The second kappa shape index (κ2) is 8.02. The van der Waals surface area contributed by atoms with E-state index in [1.807, 2.05) is 6.92 Å². The lowest BCUT2D eigenvalue weighted by molar-refractivity contribution is -0.384. The molecule has 0 fully saturated rings. The maximum Gasteiger partial charge on any atom is 0.270 e. The molecule has 0 aliphatic rings. The van der Waals surface area contributed by atoms with Crippen LogP contribution in [0.5, 0.6) is 5.75 Å². The van der Waals surface area contributed by atoms with Crippen LogP contribution in [0.4, 0.5) is 11.4 Å². The number of carbonyl (C=O) groups is 1. The number of phenolic OH excluding ortho intramolecular Hbond substituents is 1. The normalized spacial score (nSPS) is 10.4. The number of aryl methyl sites for hydroxylation is 1. The molecule has 128 valence electrons. The zero-order valence-electron chi connectivity index (χ0n) is 13.2. The number of nitrogens with zero attached hydrogens (tertiary/aromatic N) is 1. The van der Waals surface area contributed by atoms with E-state index in [2.05, 4.69) is 10.6 Å². The van der Waals surface area contributed by atoms with E-state index in [0.717, 1.165) is 5.56 Å². The van der Waals surface area contributed by atoms with Gasteiger partial charge in [-0.2, -0.15) is 0 Å². The summed E-state index contributed by atoms with van der Waals surface area (Å²) < 4.78 is 0. The van der Waals surface area contributed by atoms with E-state index in [9.17, 15) is 20.0 Å². The van der Waals surface area contributed by atoms with Crippen LogP contribution >= 0.6 is 12.2 Å². The van der Waals surface area contributed by atoms with Crippen LogP contribution in [-0.2, 0) is 4.79 Å². The Balaban J connectivity index is 1.97. The SMILES string of the molecule is Cc1ccc(O)c(NC(=S)NC(=O)/C=C/c2cccc([N+](=O)[O-])c2)c1. The summed E-state index contributed by atoms with van der Waals surface area (Å²) in [6.07, 6.45) is 2.65. The van der Waals surface area contributed by atoms with Crippen LogP contribution in [-0.4, -0.2) is 21.0 Å². The van der Waals surface area contributed by atoms with Crippen LogP contribution in [0.25, 0.3) is 6.08 Å². The van der Waals surface area contributed by atoms with Gasteiger partial charge in [-0.05, 0) is 48.5 Å². The van der Waals surface area contributed by atoms with Crippen molar-refractivity contribution in [3.05, 3.63) is 69.8 Å². The molecule has 2 aromatic carbocycles. The number of non-ortho nitro benzene ring substituents is 1. The number of amides is 1. The first-order valence-electron chi connectivity index (χ1n) is 7.19. The van der Waals surface area contributed by atoms with Gasteiger partial charge in [0.1, 0.15) is 5.75 Å². The van der Waals surface area contributed by atoms with Gasteiger partial charge in [-0.15, -0.1) is 0 Å². The van der Waals surface area contributed by atoms with Crippen molar-refractivity contribution < 1.29 is 14.8 Å². The van der Waals surface area contributed by atoms with Gasteiger partial charge in [-0.25, -0.2) is 0 Å². The zero-order valence-corrected chi connectivity index (χ0v) is 14.0. The molecule has 0 saturated heterocycles. The number of carbonyl (C=O) groups excluding carboxylic acids is 1. The van der Waals surface area contributed by atoms with Crippen LogP contribution in [0.1, 0.15) is 11.1 Å². The Kier molecular flexibility index (Phi) is 5.80. The molecule has 0 aliphatic heterocycles. The van der Waals surface area contributed by atoms with Crippen molar-refractivity contribution >= 4 is 40.7 Å². The van der Waals surface area contributed by atoms with Crippen molar-refractivity contribution in [1.29, 1.82) is 0 Å². The van der Waals surface area contributed by atoms with Crippen molar-refractivity contribution in [2.45, 2.75) is 6.92 Å². The molecule has 0 unspecified atom stereocenters. The summed E-state index contributed by atoms with van der Waals surface area (Å²) in [4.78, 5) is 22.1. The molecular weight excluding hydrogens is 342 g/mol. The number of nitro benzene ring substituents is 1. The minimum absolute atomic E-state index is 0.00864. The van der Waals surface area contributed by atoms with Crippen molar-refractivity contribution in [2.75, 3.05) is 5.32 Å². The number of nitro groups is 1. The van der Waals surface area contributed by atoms with E-state index in [1.54, 1.807) is 18.2 Å². The van der Waals surface area contributed by atoms with Gasteiger partial charge in [-0.3, -0.25) is 20.2 Å². The Morgan fingerprint density at radius 1 is 1.28 bits per heavy atom. The molecule has 7 nitrogen and oxygen atoms in total. The number of aromatic hydroxyl groups is 1. The van der Waals surface area contributed by atoms with E-state index in [1.165, 1.54) is 36.4 Å². The average molecular weight is 357 g/mol. The predicted octanol–water partition coefficient (Wildman–Crippen LogP) is 3.14. The number of hydrogen-bond donors (Lipinski definition) is 3. The van der Waals surface area contributed by atoms with E-state index < -0.39 is 10.8 Å². The van der Waals surface area contributed by atoms with Crippen LogP contribution in [0, 0.1) is 17.0 Å². The van der Waals surface area contributed by atoms with Gasteiger partial charge in [0.25, 0.3) is 5.69 Å². The van der Waals surface area contributed by atoms with E-state index in [0.29, 0.717) is 11.3 Å². The lowest BCUT2D eigenvalue weighted by atomic mass is 10.2. The Hall–Kier alpha value is -3.26. The van der Waals surface area contributed by atoms with Gasteiger partial charge in [0, 0.05) is 18.2 Å². The number of benzene rings is 2.